The highest BCUT2D eigenvalue weighted by Gasteiger charge is 2.23. The molecule has 0 heterocycles. The van der Waals surface area contributed by atoms with Gasteiger partial charge in [-0.15, -0.1) is 0 Å². The van der Waals surface area contributed by atoms with Crippen LogP contribution in [0.4, 0.5) is 5.69 Å². The van der Waals surface area contributed by atoms with Crippen LogP contribution >= 0.6 is 0 Å². The number of carbonyl (C=O) groups is 2. The van der Waals surface area contributed by atoms with Gasteiger partial charge in [0.15, 0.2) is 0 Å². The number of ether oxygens (including phenoxy) is 1. The minimum Gasteiger partial charge on any atom is -0.490 e. The van der Waals surface area contributed by atoms with Crippen molar-refractivity contribution in [3.63, 3.8) is 0 Å². The highest BCUT2D eigenvalue weighted by Crippen LogP contribution is 2.30. The van der Waals surface area contributed by atoms with E-state index in [1.165, 1.54) is 25.3 Å². The van der Waals surface area contributed by atoms with E-state index >= 15 is 0 Å². The number of carbonyl (C=O) groups excluding carboxylic acids is 1. The van der Waals surface area contributed by atoms with Crippen LogP contribution in [0.5, 0.6) is 5.75 Å². The van der Waals surface area contributed by atoms with Crippen LogP contribution in [0.1, 0.15) is 23.7 Å². The van der Waals surface area contributed by atoms with Crippen molar-refractivity contribution >= 4 is 17.6 Å². The summed E-state index contributed by atoms with van der Waals surface area (Å²) in [5.41, 5.74) is -0.331. The highest BCUT2D eigenvalue weighted by atomic mass is 16.6. The summed E-state index contributed by atoms with van der Waals surface area (Å²) in [5, 5.41) is 22.2. The van der Waals surface area contributed by atoms with Gasteiger partial charge in [-0.25, -0.2) is 0 Å². The SMILES string of the molecule is CCC(CNC(=O)c1cccc([N+](=O)[O-])c1OC)C(=O)O. The average Bonchev–Trinajstić information content (AvgIpc) is 2.46. The molecule has 0 bridgehead atoms. The predicted molar refractivity (Wildman–Crippen MR) is 73.4 cm³/mol. The lowest BCUT2D eigenvalue weighted by Gasteiger charge is -2.12. The fraction of sp³-hybridized carbons (Fsp3) is 0.385. The Kier molecular flexibility index (Phi) is 5.65. The highest BCUT2D eigenvalue weighted by molar-refractivity contribution is 5.98. The Hall–Kier alpha value is -2.64. The molecule has 1 rings (SSSR count). The van der Waals surface area contributed by atoms with Crippen LogP contribution in [0.15, 0.2) is 18.2 Å². The minimum atomic E-state index is -1.01. The monoisotopic (exact) mass is 296 g/mol. The van der Waals surface area contributed by atoms with Crippen molar-refractivity contribution in [2.24, 2.45) is 5.92 Å². The smallest absolute Gasteiger partial charge is 0.311 e. The number of nitrogens with one attached hydrogen (secondary N) is 1. The molecule has 2 N–H and O–H groups in total. The van der Waals surface area contributed by atoms with Gasteiger partial charge < -0.3 is 15.2 Å². The number of rotatable bonds is 7. The summed E-state index contributed by atoms with van der Waals surface area (Å²) in [4.78, 5) is 33.1. The zero-order valence-electron chi connectivity index (χ0n) is 11.7. The Balaban J connectivity index is 2.95. The Morgan fingerprint density at radius 1 is 1.48 bits per heavy atom. The summed E-state index contributed by atoms with van der Waals surface area (Å²) in [6.45, 7) is 1.63. The van der Waals surface area contributed by atoms with Crippen molar-refractivity contribution < 1.29 is 24.4 Å². The maximum Gasteiger partial charge on any atom is 0.311 e. The quantitative estimate of drug-likeness (QED) is 0.580. The number of methoxy groups -OCH3 is 1. The number of benzene rings is 1. The Labute approximate surface area is 120 Å². The molecule has 8 heteroatoms. The van der Waals surface area contributed by atoms with E-state index in [0.717, 1.165) is 0 Å². The van der Waals surface area contributed by atoms with Gasteiger partial charge in [0, 0.05) is 12.6 Å². The fourth-order valence-corrected chi connectivity index (χ4v) is 1.78. The van der Waals surface area contributed by atoms with Crippen molar-refractivity contribution in [3.05, 3.63) is 33.9 Å². The summed E-state index contributed by atoms with van der Waals surface area (Å²) >= 11 is 0. The fourth-order valence-electron chi connectivity index (χ4n) is 1.78. The number of carboxylic acids is 1. The molecule has 0 saturated heterocycles. The van der Waals surface area contributed by atoms with Gasteiger partial charge in [-0.2, -0.15) is 0 Å². The zero-order chi connectivity index (χ0) is 16.0. The van der Waals surface area contributed by atoms with E-state index in [0.29, 0.717) is 6.42 Å². The number of aliphatic carboxylic acids is 1. The number of nitrogens with zero attached hydrogens (tertiary/aromatic N) is 1. The number of carboxylic acid groups (broad SMARTS) is 1. The second kappa shape index (κ2) is 7.22. The summed E-state index contributed by atoms with van der Waals surface area (Å²) in [5.74, 6) is -2.49. The summed E-state index contributed by atoms with van der Waals surface area (Å²) < 4.78 is 4.92. The molecule has 0 aromatic heterocycles. The number of hydrogen-bond acceptors (Lipinski definition) is 5. The molecule has 0 aliphatic rings. The lowest BCUT2D eigenvalue weighted by Crippen LogP contribution is -2.32. The molecular weight excluding hydrogens is 280 g/mol. The van der Waals surface area contributed by atoms with Crippen LogP contribution in [0.25, 0.3) is 0 Å². The van der Waals surface area contributed by atoms with Crippen LogP contribution in [-0.2, 0) is 4.79 Å². The maximum absolute atomic E-state index is 12.0. The molecule has 0 fully saturated rings. The summed E-state index contributed by atoms with van der Waals surface area (Å²) in [6.07, 6.45) is 0.363. The standard InChI is InChI=1S/C13H16N2O6/c1-3-8(13(17)18)7-14-12(16)9-5-4-6-10(15(19)20)11(9)21-2/h4-6,8H,3,7H2,1-2H3,(H,14,16)(H,17,18). The van der Waals surface area contributed by atoms with Crippen LogP contribution in [-0.4, -0.2) is 35.6 Å². The lowest BCUT2D eigenvalue weighted by molar-refractivity contribution is -0.385. The number of hydrogen-bond donors (Lipinski definition) is 2. The number of nitro benzene ring substituents is 1. The molecule has 0 spiro atoms. The van der Waals surface area contributed by atoms with Crippen molar-refractivity contribution in [3.8, 4) is 5.75 Å². The van der Waals surface area contributed by atoms with E-state index in [1.54, 1.807) is 6.92 Å². The van der Waals surface area contributed by atoms with Gasteiger partial charge in [0.1, 0.15) is 0 Å². The van der Waals surface area contributed by atoms with Crippen molar-refractivity contribution in [1.82, 2.24) is 5.32 Å². The van der Waals surface area contributed by atoms with Crippen molar-refractivity contribution in [1.29, 1.82) is 0 Å². The predicted octanol–water partition coefficient (Wildman–Crippen LogP) is 1.44. The third-order valence-corrected chi connectivity index (χ3v) is 2.99. The Bertz CT molecular complexity index is 558. The van der Waals surface area contributed by atoms with Crippen LogP contribution in [0, 0.1) is 16.0 Å². The van der Waals surface area contributed by atoms with Crippen LogP contribution < -0.4 is 10.1 Å². The molecule has 1 amide bonds. The first-order chi connectivity index (χ1) is 9.92. The Morgan fingerprint density at radius 3 is 2.62 bits per heavy atom. The maximum atomic E-state index is 12.0. The molecule has 0 radical (unpaired) electrons. The van der Waals surface area contributed by atoms with Crippen molar-refractivity contribution in [2.45, 2.75) is 13.3 Å². The number of amides is 1. The molecule has 21 heavy (non-hydrogen) atoms. The molecule has 1 aromatic carbocycles. The largest absolute Gasteiger partial charge is 0.490 e. The van der Waals surface area contributed by atoms with Gasteiger partial charge in [0.05, 0.1) is 23.5 Å². The van der Waals surface area contributed by atoms with E-state index < -0.39 is 22.7 Å². The van der Waals surface area contributed by atoms with E-state index in [2.05, 4.69) is 5.32 Å². The average molecular weight is 296 g/mol. The third kappa shape index (κ3) is 3.91. The molecule has 1 atom stereocenters. The van der Waals surface area contributed by atoms with Gasteiger partial charge in [0.25, 0.3) is 5.91 Å². The first-order valence-corrected chi connectivity index (χ1v) is 6.24. The summed E-state index contributed by atoms with van der Waals surface area (Å²) in [6, 6.07) is 3.97. The van der Waals surface area contributed by atoms with Crippen molar-refractivity contribution in [2.75, 3.05) is 13.7 Å². The molecular formula is C13H16N2O6. The second-order valence-electron chi connectivity index (χ2n) is 4.27. The molecule has 0 aliphatic heterocycles. The minimum absolute atomic E-state index is 0.00746. The number of para-hydroxylation sites is 1. The van der Waals surface area contributed by atoms with Gasteiger partial charge in [-0.05, 0) is 12.5 Å². The van der Waals surface area contributed by atoms with E-state index in [4.69, 9.17) is 9.84 Å². The molecule has 114 valence electrons. The van der Waals surface area contributed by atoms with E-state index in [9.17, 15) is 19.7 Å². The third-order valence-electron chi connectivity index (χ3n) is 2.99. The molecule has 0 saturated carbocycles. The van der Waals surface area contributed by atoms with Gasteiger partial charge in [-0.1, -0.05) is 13.0 Å². The van der Waals surface area contributed by atoms with Gasteiger partial charge in [-0.3, -0.25) is 19.7 Å². The van der Waals surface area contributed by atoms with Crippen LogP contribution in [0.2, 0.25) is 0 Å². The molecule has 0 aliphatic carbocycles. The zero-order valence-corrected chi connectivity index (χ0v) is 11.7. The van der Waals surface area contributed by atoms with Gasteiger partial charge >= 0.3 is 11.7 Å². The normalized spacial score (nSPS) is 11.5. The molecule has 8 nitrogen and oxygen atoms in total. The van der Waals surface area contributed by atoms with E-state index in [-0.39, 0.29) is 23.5 Å². The number of nitro groups is 1. The first kappa shape index (κ1) is 16.4. The van der Waals surface area contributed by atoms with Crippen LogP contribution in [0.3, 0.4) is 0 Å². The topological polar surface area (TPSA) is 119 Å². The Morgan fingerprint density at radius 2 is 2.14 bits per heavy atom. The van der Waals surface area contributed by atoms with Gasteiger partial charge in [0.2, 0.25) is 5.75 Å². The lowest BCUT2D eigenvalue weighted by atomic mass is 10.1. The summed E-state index contributed by atoms with van der Waals surface area (Å²) in [7, 11) is 1.23. The first-order valence-electron chi connectivity index (χ1n) is 6.24. The van der Waals surface area contributed by atoms with E-state index in [1.807, 2.05) is 0 Å². The molecule has 1 unspecified atom stereocenters. The second-order valence-corrected chi connectivity index (χ2v) is 4.27. The molecule has 1 aromatic rings.